The van der Waals surface area contributed by atoms with E-state index in [1.165, 1.54) is 6.20 Å². The van der Waals surface area contributed by atoms with Gasteiger partial charge in [-0.3, -0.25) is 5.32 Å². The normalized spacial score (nSPS) is 13.5. The van der Waals surface area contributed by atoms with Crippen molar-refractivity contribution >= 4 is 17.3 Å². The van der Waals surface area contributed by atoms with Gasteiger partial charge in [-0.1, -0.05) is 0 Å². The van der Waals surface area contributed by atoms with Crippen molar-refractivity contribution in [3.8, 4) is 0 Å². The molecular weight excluding hydrogens is 245 g/mol. The summed E-state index contributed by atoms with van der Waals surface area (Å²) in [5.74, 6) is -0.792. The first-order valence-electron chi connectivity index (χ1n) is 4.21. The molecule has 0 saturated carbocycles. The number of thiazole rings is 1. The molecule has 0 bridgehead atoms. The minimum Gasteiger partial charge on any atom is -0.468 e. The zero-order valence-corrected chi connectivity index (χ0v) is 9.06. The summed E-state index contributed by atoms with van der Waals surface area (Å²) in [6, 6.07) is -1.17. The van der Waals surface area contributed by atoms with Crippen LogP contribution in [0.15, 0.2) is 11.6 Å². The van der Waals surface area contributed by atoms with E-state index in [9.17, 15) is 18.0 Å². The highest BCUT2D eigenvalue weighted by atomic mass is 32.1. The van der Waals surface area contributed by atoms with Gasteiger partial charge in [-0.25, -0.2) is 9.78 Å². The zero-order chi connectivity index (χ0) is 12.2. The Kier molecular flexibility index (Phi) is 4.25. The molecule has 0 amide bonds. The van der Waals surface area contributed by atoms with Crippen LogP contribution in [-0.2, 0) is 9.53 Å². The third kappa shape index (κ3) is 3.78. The lowest BCUT2D eigenvalue weighted by Gasteiger charge is -2.15. The summed E-state index contributed by atoms with van der Waals surface area (Å²) in [6.07, 6.45) is -2.98. The van der Waals surface area contributed by atoms with Crippen LogP contribution in [0.1, 0.15) is 11.0 Å². The van der Waals surface area contributed by atoms with Gasteiger partial charge in [0.1, 0.15) is 5.01 Å². The predicted molar refractivity (Wildman–Crippen MR) is 50.9 cm³/mol. The minimum absolute atomic E-state index is 0.246. The first kappa shape index (κ1) is 12.9. The molecule has 16 heavy (non-hydrogen) atoms. The summed E-state index contributed by atoms with van der Waals surface area (Å²) in [5, 5.41) is 3.88. The van der Waals surface area contributed by atoms with Gasteiger partial charge >= 0.3 is 12.1 Å². The fraction of sp³-hybridized carbons (Fsp3) is 0.500. The second-order valence-electron chi connectivity index (χ2n) is 2.82. The third-order valence-electron chi connectivity index (χ3n) is 1.64. The van der Waals surface area contributed by atoms with E-state index < -0.39 is 24.7 Å². The van der Waals surface area contributed by atoms with Gasteiger partial charge in [0, 0.05) is 11.6 Å². The number of hydrogen-bond acceptors (Lipinski definition) is 5. The first-order chi connectivity index (χ1) is 7.44. The molecule has 1 atom stereocenters. The maximum absolute atomic E-state index is 12.0. The van der Waals surface area contributed by atoms with Gasteiger partial charge in [0.25, 0.3) is 0 Å². The van der Waals surface area contributed by atoms with E-state index in [4.69, 9.17) is 0 Å². The molecule has 0 aliphatic heterocycles. The number of hydrogen-bond donors (Lipinski definition) is 1. The molecule has 0 saturated heterocycles. The Morgan fingerprint density at radius 2 is 2.38 bits per heavy atom. The lowest BCUT2D eigenvalue weighted by atomic mass is 10.3. The van der Waals surface area contributed by atoms with Gasteiger partial charge < -0.3 is 4.74 Å². The largest absolute Gasteiger partial charge is 0.468 e. The Balaban J connectivity index is 2.70. The van der Waals surface area contributed by atoms with E-state index >= 15 is 0 Å². The van der Waals surface area contributed by atoms with Crippen molar-refractivity contribution in [3.05, 3.63) is 16.6 Å². The Morgan fingerprint density at radius 1 is 1.69 bits per heavy atom. The number of nitrogens with zero attached hydrogens (tertiary/aromatic N) is 1. The first-order valence-corrected chi connectivity index (χ1v) is 5.09. The third-order valence-corrected chi connectivity index (χ3v) is 2.48. The number of halogens is 3. The fourth-order valence-electron chi connectivity index (χ4n) is 0.984. The molecule has 0 radical (unpaired) electrons. The molecule has 1 aromatic heterocycles. The van der Waals surface area contributed by atoms with E-state index in [2.05, 4.69) is 15.0 Å². The number of esters is 1. The van der Waals surface area contributed by atoms with Crippen molar-refractivity contribution in [3.63, 3.8) is 0 Å². The highest BCUT2D eigenvalue weighted by Gasteiger charge is 2.32. The molecule has 0 aliphatic carbocycles. The number of carbonyl (C=O) groups is 1. The lowest BCUT2D eigenvalue weighted by molar-refractivity contribution is -0.146. The topological polar surface area (TPSA) is 51.2 Å². The van der Waals surface area contributed by atoms with E-state index in [-0.39, 0.29) is 5.01 Å². The average molecular weight is 254 g/mol. The Hall–Kier alpha value is -1.15. The number of rotatable bonds is 4. The maximum atomic E-state index is 12.0. The van der Waals surface area contributed by atoms with E-state index in [1.807, 2.05) is 0 Å². The molecule has 0 aliphatic rings. The molecular formula is C8H9F3N2O2S. The molecule has 8 heteroatoms. The highest BCUT2D eigenvalue weighted by molar-refractivity contribution is 7.09. The van der Waals surface area contributed by atoms with Crippen LogP contribution in [0.5, 0.6) is 0 Å². The van der Waals surface area contributed by atoms with Crippen LogP contribution in [0, 0.1) is 0 Å². The average Bonchev–Trinajstić information content (AvgIpc) is 2.69. The molecule has 1 N–H and O–H groups in total. The van der Waals surface area contributed by atoms with Gasteiger partial charge in [0.15, 0.2) is 6.04 Å². The van der Waals surface area contributed by atoms with Gasteiger partial charge in [-0.2, -0.15) is 13.2 Å². The monoisotopic (exact) mass is 254 g/mol. The van der Waals surface area contributed by atoms with Crippen molar-refractivity contribution in [2.75, 3.05) is 13.7 Å². The van der Waals surface area contributed by atoms with Crippen molar-refractivity contribution in [2.24, 2.45) is 0 Å². The molecule has 1 rings (SSSR count). The molecule has 0 aromatic carbocycles. The smallest absolute Gasteiger partial charge is 0.401 e. The van der Waals surface area contributed by atoms with Crippen LogP contribution in [0.25, 0.3) is 0 Å². The van der Waals surface area contributed by atoms with Gasteiger partial charge in [0.05, 0.1) is 13.7 Å². The van der Waals surface area contributed by atoms with Crippen LogP contribution in [0.2, 0.25) is 0 Å². The molecule has 0 fully saturated rings. The van der Waals surface area contributed by atoms with Gasteiger partial charge in [0.2, 0.25) is 0 Å². The molecule has 1 aromatic rings. The molecule has 1 unspecified atom stereocenters. The van der Waals surface area contributed by atoms with E-state index in [0.29, 0.717) is 0 Å². The highest BCUT2D eigenvalue weighted by Crippen LogP contribution is 2.20. The Bertz CT molecular complexity index is 340. The zero-order valence-electron chi connectivity index (χ0n) is 8.25. The van der Waals surface area contributed by atoms with Crippen molar-refractivity contribution < 1.29 is 22.7 Å². The Labute approximate surface area is 93.4 Å². The molecule has 4 nitrogen and oxygen atoms in total. The van der Waals surface area contributed by atoms with E-state index in [1.54, 1.807) is 5.38 Å². The van der Waals surface area contributed by atoms with Gasteiger partial charge in [-0.05, 0) is 0 Å². The van der Waals surface area contributed by atoms with Crippen LogP contribution < -0.4 is 5.32 Å². The van der Waals surface area contributed by atoms with Gasteiger partial charge in [-0.15, -0.1) is 11.3 Å². The quantitative estimate of drug-likeness (QED) is 0.827. The summed E-state index contributed by atoms with van der Waals surface area (Å²) >= 11 is 1.08. The summed E-state index contributed by atoms with van der Waals surface area (Å²) in [5.41, 5.74) is 0. The SMILES string of the molecule is COC(=O)C(NCC(F)(F)F)c1nccs1. The number of alkyl halides is 3. The minimum atomic E-state index is -4.39. The molecule has 1 heterocycles. The molecule has 90 valence electrons. The second kappa shape index (κ2) is 5.26. The summed E-state index contributed by atoms with van der Waals surface area (Å²) in [4.78, 5) is 15.0. The van der Waals surface area contributed by atoms with Crippen molar-refractivity contribution in [1.29, 1.82) is 0 Å². The van der Waals surface area contributed by atoms with Crippen LogP contribution in [-0.4, -0.2) is 30.8 Å². The Morgan fingerprint density at radius 3 is 2.81 bits per heavy atom. The van der Waals surface area contributed by atoms with Crippen LogP contribution >= 0.6 is 11.3 Å². The summed E-state index contributed by atoms with van der Waals surface area (Å²) < 4.78 is 40.4. The number of methoxy groups -OCH3 is 1. The summed E-state index contributed by atoms with van der Waals surface area (Å²) in [6.45, 7) is -1.27. The number of aromatic nitrogens is 1. The number of ether oxygens (including phenoxy) is 1. The van der Waals surface area contributed by atoms with Crippen LogP contribution in [0.4, 0.5) is 13.2 Å². The fourth-order valence-corrected chi connectivity index (χ4v) is 1.68. The number of carbonyl (C=O) groups excluding carboxylic acids is 1. The molecule has 0 spiro atoms. The van der Waals surface area contributed by atoms with E-state index in [0.717, 1.165) is 18.4 Å². The maximum Gasteiger partial charge on any atom is 0.401 e. The lowest BCUT2D eigenvalue weighted by Crippen LogP contribution is -2.36. The van der Waals surface area contributed by atoms with Crippen molar-refractivity contribution in [2.45, 2.75) is 12.2 Å². The summed E-state index contributed by atoms with van der Waals surface area (Å²) in [7, 11) is 1.11. The van der Waals surface area contributed by atoms with Crippen molar-refractivity contribution in [1.82, 2.24) is 10.3 Å². The number of nitrogens with one attached hydrogen (secondary N) is 1. The second-order valence-corrected chi connectivity index (χ2v) is 3.75. The standard InChI is InChI=1S/C8H9F3N2O2S/c1-15-7(14)5(6-12-2-3-16-6)13-4-8(9,10)11/h2-3,5,13H,4H2,1H3. The predicted octanol–water partition coefficient (Wildman–Crippen LogP) is 1.51. The van der Waals surface area contributed by atoms with Crippen LogP contribution in [0.3, 0.4) is 0 Å².